The first-order valence-corrected chi connectivity index (χ1v) is 8.66. The van der Waals surface area contributed by atoms with Crippen molar-refractivity contribution < 1.29 is 4.90 Å². The molecule has 0 saturated heterocycles. The third kappa shape index (κ3) is 7.76. The zero-order valence-corrected chi connectivity index (χ0v) is 15.6. The molecular formula is C18H32N3S+. The van der Waals surface area contributed by atoms with Gasteiger partial charge in [-0.2, -0.15) is 0 Å². The first-order chi connectivity index (χ1) is 10.3. The maximum absolute atomic E-state index is 5.39. The van der Waals surface area contributed by atoms with Crippen LogP contribution in [0.4, 0.5) is 5.69 Å². The molecule has 3 nitrogen and oxygen atoms in total. The third-order valence-electron chi connectivity index (χ3n) is 3.59. The van der Waals surface area contributed by atoms with Crippen molar-refractivity contribution in [2.24, 2.45) is 5.41 Å². The van der Waals surface area contributed by atoms with E-state index in [1.54, 1.807) is 0 Å². The van der Waals surface area contributed by atoms with Gasteiger partial charge in [0.2, 0.25) is 0 Å². The Morgan fingerprint density at radius 2 is 1.82 bits per heavy atom. The normalized spacial score (nSPS) is 11.5. The van der Waals surface area contributed by atoms with Crippen LogP contribution in [0, 0.1) is 5.41 Å². The van der Waals surface area contributed by atoms with Crippen LogP contribution in [0.15, 0.2) is 24.3 Å². The van der Waals surface area contributed by atoms with Gasteiger partial charge in [0.1, 0.15) is 0 Å². The van der Waals surface area contributed by atoms with E-state index in [2.05, 4.69) is 69.8 Å². The van der Waals surface area contributed by atoms with Gasteiger partial charge in [-0.15, -0.1) is 0 Å². The molecule has 0 amide bonds. The minimum Gasteiger partial charge on any atom is -0.362 e. The molecule has 4 heteroatoms. The van der Waals surface area contributed by atoms with Crippen LogP contribution in [0.3, 0.4) is 0 Å². The standard InChI is InChI=1S/C18H31N3S/c1-6-7-8-15-9-11-16(12-10-15)20-17(22)19-13-18(2,3)14-21(4)5/h9-12H,6-8,13-14H2,1-5H3,(H2,19,20,22)/p+1. The van der Waals surface area contributed by atoms with Crippen LogP contribution in [-0.2, 0) is 6.42 Å². The van der Waals surface area contributed by atoms with Crippen LogP contribution < -0.4 is 15.5 Å². The number of benzene rings is 1. The quantitative estimate of drug-likeness (QED) is 0.642. The van der Waals surface area contributed by atoms with Crippen LogP contribution in [-0.4, -0.2) is 32.3 Å². The van der Waals surface area contributed by atoms with Crippen LogP contribution in [0.2, 0.25) is 0 Å². The number of unbranched alkanes of at least 4 members (excludes halogenated alkanes) is 1. The van der Waals surface area contributed by atoms with Gasteiger partial charge in [-0.05, 0) is 42.8 Å². The first-order valence-electron chi connectivity index (χ1n) is 8.25. The van der Waals surface area contributed by atoms with Crippen LogP contribution in [0.5, 0.6) is 0 Å². The molecule has 0 aromatic heterocycles. The van der Waals surface area contributed by atoms with E-state index in [-0.39, 0.29) is 5.41 Å². The molecule has 124 valence electrons. The molecule has 0 aliphatic carbocycles. The van der Waals surface area contributed by atoms with Gasteiger partial charge < -0.3 is 15.5 Å². The van der Waals surface area contributed by atoms with Crippen molar-refractivity contribution in [2.45, 2.75) is 40.0 Å². The summed E-state index contributed by atoms with van der Waals surface area (Å²) in [5.41, 5.74) is 2.66. The highest BCUT2D eigenvalue weighted by Gasteiger charge is 2.21. The van der Waals surface area contributed by atoms with E-state index in [1.165, 1.54) is 23.3 Å². The Hall–Kier alpha value is -1.13. The lowest BCUT2D eigenvalue weighted by molar-refractivity contribution is -0.865. The summed E-state index contributed by atoms with van der Waals surface area (Å²) in [6.45, 7) is 8.73. The minimum atomic E-state index is 0.217. The highest BCUT2D eigenvalue weighted by atomic mass is 32.1. The molecule has 0 radical (unpaired) electrons. The molecule has 3 N–H and O–H groups in total. The maximum Gasteiger partial charge on any atom is 0.170 e. The third-order valence-corrected chi connectivity index (χ3v) is 3.84. The lowest BCUT2D eigenvalue weighted by Crippen LogP contribution is -3.07. The molecule has 0 unspecified atom stereocenters. The SMILES string of the molecule is CCCCc1ccc(NC(=S)NCC(C)(C)C[NH+](C)C)cc1. The van der Waals surface area contributed by atoms with E-state index in [1.807, 2.05) is 0 Å². The van der Waals surface area contributed by atoms with Crippen LogP contribution in [0.1, 0.15) is 39.2 Å². The fourth-order valence-corrected chi connectivity index (χ4v) is 2.84. The van der Waals surface area contributed by atoms with Crippen molar-refractivity contribution in [3.8, 4) is 0 Å². The molecule has 0 heterocycles. The summed E-state index contributed by atoms with van der Waals surface area (Å²) in [5, 5.41) is 7.29. The topological polar surface area (TPSA) is 28.5 Å². The van der Waals surface area contributed by atoms with Gasteiger partial charge in [-0.1, -0.05) is 39.3 Å². The zero-order valence-electron chi connectivity index (χ0n) is 14.8. The molecule has 0 saturated carbocycles. The Balaban J connectivity index is 2.41. The van der Waals surface area contributed by atoms with E-state index in [0.717, 1.165) is 25.2 Å². The Bertz CT molecular complexity index is 452. The Labute approximate surface area is 141 Å². The van der Waals surface area contributed by atoms with E-state index in [9.17, 15) is 0 Å². The molecule has 1 aromatic carbocycles. The average molecular weight is 323 g/mol. The number of rotatable bonds is 8. The van der Waals surface area contributed by atoms with Crippen molar-refractivity contribution in [3.05, 3.63) is 29.8 Å². The molecule has 0 bridgehead atoms. The molecule has 0 spiro atoms. The largest absolute Gasteiger partial charge is 0.362 e. The molecular weight excluding hydrogens is 290 g/mol. The summed E-state index contributed by atoms with van der Waals surface area (Å²) in [6.07, 6.45) is 3.63. The van der Waals surface area contributed by atoms with Gasteiger partial charge in [-0.3, -0.25) is 0 Å². The van der Waals surface area contributed by atoms with Gasteiger partial charge >= 0.3 is 0 Å². The lowest BCUT2D eigenvalue weighted by Gasteiger charge is -2.26. The molecule has 0 fully saturated rings. The summed E-state index contributed by atoms with van der Waals surface area (Å²) in [6, 6.07) is 8.57. The summed E-state index contributed by atoms with van der Waals surface area (Å²) in [4.78, 5) is 1.45. The summed E-state index contributed by atoms with van der Waals surface area (Å²) < 4.78 is 0. The molecule has 0 aliphatic heterocycles. The average Bonchev–Trinajstić information content (AvgIpc) is 2.43. The monoisotopic (exact) mass is 322 g/mol. The minimum absolute atomic E-state index is 0.217. The number of quaternary nitrogens is 1. The molecule has 1 aromatic rings. The fourth-order valence-electron chi connectivity index (χ4n) is 2.65. The van der Waals surface area contributed by atoms with E-state index in [0.29, 0.717) is 5.11 Å². The van der Waals surface area contributed by atoms with Gasteiger partial charge in [-0.25, -0.2) is 0 Å². The van der Waals surface area contributed by atoms with Gasteiger partial charge in [0.15, 0.2) is 5.11 Å². The highest BCUT2D eigenvalue weighted by Crippen LogP contribution is 2.13. The van der Waals surface area contributed by atoms with Crippen LogP contribution in [0.25, 0.3) is 0 Å². The van der Waals surface area contributed by atoms with E-state index < -0.39 is 0 Å². The first kappa shape index (κ1) is 18.9. The molecule has 1 rings (SSSR count). The number of nitrogens with one attached hydrogen (secondary N) is 3. The molecule has 0 atom stereocenters. The molecule has 0 aliphatic rings. The van der Waals surface area contributed by atoms with Gasteiger partial charge in [0, 0.05) is 17.6 Å². The van der Waals surface area contributed by atoms with Gasteiger partial charge in [0.05, 0.1) is 20.6 Å². The van der Waals surface area contributed by atoms with Crippen molar-refractivity contribution in [3.63, 3.8) is 0 Å². The number of hydrogen-bond donors (Lipinski definition) is 3. The Morgan fingerprint density at radius 3 is 2.36 bits per heavy atom. The second kappa shape index (κ2) is 9.11. The Kier molecular flexibility index (Phi) is 7.83. The van der Waals surface area contributed by atoms with Crippen LogP contribution >= 0.6 is 12.2 Å². The zero-order chi connectivity index (χ0) is 16.6. The predicted molar refractivity (Wildman–Crippen MR) is 101 cm³/mol. The smallest absolute Gasteiger partial charge is 0.170 e. The maximum atomic E-state index is 5.39. The summed E-state index contributed by atoms with van der Waals surface area (Å²) >= 11 is 5.39. The Morgan fingerprint density at radius 1 is 1.18 bits per heavy atom. The number of hydrogen-bond acceptors (Lipinski definition) is 1. The van der Waals surface area contributed by atoms with Gasteiger partial charge in [0.25, 0.3) is 0 Å². The number of anilines is 1. The van der Waals surface area contributed by atoms with Crippen molar-refractivity contribution in [2.75, 3.05) is 32.5 Å². The van der Waals surface area contributed by atoms with Crippen molar-refractivity contribution in [1.82, 2.24) is 5.32 Å². The lowest BCUT2D eigenvalue weighted by atomic mass is 9.93. The van der Waals surface area contributed by atoms with Crippen molar-refractivity contribution >= 4 is 23.0 Å². The second-order valence-corrected chi connectivity index (χ2v) is 7.56. The van der Waals surface area contributed by atoms with Crippen molar-refractivity contribution in [1.29, 1.82) is 0 Å². The molecule has 22 heavy (non-hydrogen) atoms. The number of aryl methyl sites for hydroxylation is 1. The predicted octanol–water partition coefficient (Wildman–Crippen LogP) is 2.49. The van der Waals surface area contributed by atoms with E-state index in [4.69, 9.17) is 12.2 Å². The highest BCUT2D eigenvalue weighted by molar-refractivity contribution is 7.80. The van der Waals surface area contributed by atoms with E-state index >= 15 is 0 Å². The fraction of sp³-hybridized carbons (Fsp3) is 0.611. The second-order valence-electron chi connectivity index (χ2n) is 7.16. The number of thiocarbonyl (C=S) groups is 1. The summed E-state index contributed by atoms with van der Waals surface area (Å²) in [7, 11) is 4.36. The summed E-state index contributed by atoms with van der Waals surface area (Å²) in [5.74, 6) is 0.